The number of carbonyl (C=O) groups is 2. The molecule has 150 valence electrons. The van der Waals surface area contributed by atoms with E-state index in [1.54, 1.807) is 12.1 Å². The smallest absolute Gasteiger partial charge is 0.337 e. The van der Waals surface area contributed by atoms with Crippen molar-refractivity contribution in [1.82, 2.24) is 4.98 Å². The fraction of sp³-hybridized carbons (Fsp3) is 0.240. The number of pyridine rings is 1. The van der Waals surface area contributed by atoms with Crippen molar-refractivity contribution in [3.8, 4) is 0 Å². The number of carbonyl (C=O) groups excluding carboxylic acids is 2. The SMILES string of the molecule is COC(=O)c1ccc(C2C3=C(CCCC3=O)Nc3ccc4nc(C)ccc4c32)cc1. The molecule has 0 fully saturated rings. The van der Waals surface area contributed by atoms with Gasteiger partial charge in [-0.3, -0.25) is 9.78 Å². The van der Waals surface area contributed by atoms with Crippen LogP contribution in [0.4, 0.5) is 5.69 Å². The number of anilines is 1. The first-order valence-corrected chi connectivity index (χ1v) is 10.2. The van der Waals surface area contributed by atoms with Crippen molar-refractivity contribution in [2.75, 3.05) is 12.4 Å². The number of hydrogen-bond donors (Lipinski definition) is 1. The average molecular weight is 398 g/mol. The molecule has 0 spiro atoms. The predicted octanol–water partition coefficient (Wildman–Crippen LogP) is 4.89. The van der Waals surface area contributed by atoms with Gasteiger partial charge >= 0.3 is 5.97 Å². The maximum absolute atomic E-state index is 13.0. The summed E-state index contributed by atoms with van der Waals surface area (Å²) in [5.41, 5.74) is 7.30. The number of ketones is 1. The summed E-state index contributed by atoms with van der Waals surface area (Å²) in [6.07, 6.45) is 2.29. The van der Waals surface area contributed by atoms with Gasteiger partial charge in [-0.05, 0) is 61.2 Å². The second-order valence-electron chi connectivity index (χ2n) is 7.89. The number of benzene rings is 2. The molecule has 1 aromatic heterocycles. The highest BCUT2D eigenvalue weighted by Gasteiger charge is 2.36. The van der Waals surface area contributed by atoms with Crippen molar-refractivity contribution in [3.63, 3.8) is 0 Å². The van der Waals surface area contributed by atoms with E-state index in [-0.39, 0.29) is 17.7 Å². The van der Waals surface area contributed by atoms with E-state index in [0.717, 1.165) is 57.5 Å². The van der Waals surface area contributed by atoms with Crippen molar-refractivity contribution >= 4 is 28.3 Å². The van der Waals surface area contributed by atoms with Crippen molar-refractivity contribution in [1.29, 1.82) is 0 Å². The topological polar surface area (TPSA) is 68.3 Å². The average Bonchev–Trinajstić information content (AvgIpc) is 2.77. The van der Waals surface area contributed by atoms with Gasteiger partial charge in [-0.25, -0.2) is 4.79 Å². The number of ether oxygens (including phenoxy) is 1. The van der Waals surface area contributed by atoms with E-state index < -0.39 is 0 Å². The molecular formula is C25H22N2O3. The van der Waals surface area contributed by atoms with E-state index in [2.05, 4.69) is 17.4 Å². The lowest BCUT2D eigenvalue weighted by atomic mass is 9.74. The molecule has 30 heavy (non-hydrogen) atoms. The molecule has 3 aromatic rings. The van der Waals surface area contributed by atoms with Gasteiger partial charge in [-0.2, -0.15) is 0 Å². The summed E-state index contributed by atoms with van der Waals surface area (Å²) in [5, 5.41) is 4.57. The Labute approximate surface area is 174 Å². The van der Waals surface area contributed by atoms with Gasteiger partial charge in [0.1, 0.15) is 0 Å². The van der Waals surface area contributed by atoms with Crippen LogP contribution in [0.25, 0.3) is 10.9 Å². The number of esters is 1. The monoisotopic (exact) mass is 398 g/mol. The Morgan fingerprint density at radius 2 is 1.87 bits per heavy atom. The first-order chi connectivity index (χ1) is 14.6. The van der Waals surface area contributed by atoms with Crippen molar-refractivity contribution in [2.45, 2.75) is 32.1 Å². The molecule has 0 saturated heterocycles. The number of nitrogens with zero attached hydrogens (tertiary/aromatic N) is 1. The van der Waals surface area contributed by atoms with E-state index in [1.165, 1.54) is 7.11 Å². The summed E-state index contributed by atoms with van der Waals surface area (Å²) in [7, 11) is 1.37. The molecule has 5 rings (SSSR count). The summed E-state index contributed by atoms with van der Waals surface area (Å²) < 4.78 is 4.83. The van der Waals surface area contributed by atoms with Crippen LogP contribution in [0.2, 0.25) is 0 Å². The Morgan fingerprint density at radius 1 is 1.07 bits per heavy atom. The third-order valence-electron chi connectivity index (χ3n) is 6.04. The van der Waals surface area contributed by atoms with E-state index >= 15 is 0 Å². The maximum atomic E-state index is 13.0. The number of Topliss-reactive ketones (excluding diaryl/α,β-unsaturated/α-hetero) is 1. The van der Waals surface area contributed by atoms with Crippen LogP contribution in [0, 0.1) is 6.92 Å². The van der Waals surface area contributed by atoms with Crippen molar-refractivity contribution < 1.29 is 14.3 Å². The molecule has 1 aliphatic carbocycles. The van der Waals surface area contributed by atoms with E-state index in [4.69, 9.17) is 9.72 Å². The third-order valence-corrected chi connectivity index (χ3v) is 6.04. The predicted molar refractivity (Wildman–Crippen MR) is 116 cm³/mol. The third kappa shape index (κ3) is 2.89. The number of nitrogens with one attached hydrogen (secondary N) is 1. The number of fused-ring (bicyclic) bond motifs is 3. The summed E-state index contributed by atoms with van der Waals surface area (Å²) >= 11 is 0. The molecule has 2 aromatic carbocycles. The quantitative estimate of drug-likeness (QED) is 0.622. The molecule has 2 heterocycles. The lowest BCUT2D eigenvalue weighted by Crippen LogP contribution is -2.27. The van der Waals surface area contributed by atoms with Crippen LogP contribution in [0.3, 0.4) is 0 Å². The number of aromatic nitrogens is 1. The highest BCUT2D eigenvalue weighted by Crippen LogP contribution is 2.47. The van der Waals surface area contributed by atoms with Crippen LogP contribution in [-0.2, 0) is 9.53 Å². The zero-order valence-electron chi connectivity index (χ0n) is 17.0. The first kappa shape index (κ1) is 18.6. The number of rotatable bonds is 2. The minimum absolute atomic E-state index is 0.188. The largest absolute Gasteiger partial charge is 0.465 e. The maximum Gasteiger partial charge on any atom is 0.337 e. The van der Waals surface area contributed by atoms with Gasteiger partial charge in [0.05, 0.1) is 18.2 Å². The van der Waals surface area contributed by atoms with E-state index in [0.29, 0.717) is 12.0 Å². The Balaban J connectivity index is 1.75. The second kappa shape index (κ2) is 7.10. The number of allylic oxidation sites excluding steroid dienone is 2. The lowest BCUT2D eigenvalue weighted by Gasteiger charge is -2.35. The number of methoxy groups -OCH3 is 1. The van der Waals surface area contributed by atoms with Gasteiger partial charge in [0.15, 0.2) is 5.78 Å². The summed E-state index contributed by atoms with van der Waals surface area (Å²) in [5.74, 6) is -0.372. The van der Waals surface area contributed by atoms with Crippen molar-refractivity contribution in [2.24, 2.45) is 0 Å². The Hall–Kier alpha value is -3.47. The molecule has 0 saturated carbocycles. The second-order valence-corrected chi connectivity index (χ2v) is 7.89. The van der Waals surface area contributed by atoms with Crippen LogP contribution >= 0.6 is 0 Å². The molecule has 0 radical (unpaired) electrons. The van der Waals surface area contributed by atoms with Gasteiger partial charge in [0, 0.05) is 40.4 Å². The standard InChI is InChI=1S/C25H22N2O3/c1-14-6-11-17-18(26-14)12-13-20-23(17)22(24-19(27-20)4-3-5-21(24)28)15-7-9-16(10-8-15)25(29)30-2/h6-13,22,27H,3-5H2,1-2H3. The summed E-state index contributed by atoms with van der Waals surface area (Å²) in [6, 6.07) is 15.6. The summed E-state index contributed by atoms with van der Waals surface area (Å²) in [4.78, 5) is 29.6. The van der Waals surface area contributed by atoms with E-state index in [1.807, 2.05) is 31.2 Å². The Morgan fingerprint density at radius 3 is 2.63 bits per heavy atom. The van der Waals surface area contributed by atoms with Crippen LogP contribution in [0.1, 0.15) is 52.4 Å². The molecule has 1 atom stereocenters. The molecule has 5 nitrogen and oxygen atoms in total. The van der Waals surface area contributed by atoms with Crippen LogP contribution in [0.5, 0.6) is 0 Å². The molecule has 5 heteroatoms. The van der Waals surface area contributed by atoms with Gasteiger partial charge in [-0.15, -0.1) is 0 Å². The van der Waals surface area contributed by atoms with Crippen LogP contribution in [0.15, 0.2) is 59.8 Å². The molecule has 1 aliphatic heterocycles. The first-order valence-electron chi connectivity index (χ1n) is 10.2. The zero-order valence-corrected chi connectivity index (χ0v) is 17.0. The molecule has 1 unspecified atom stereocenters. The van der Waals surface area contributed by atoms with Gasteiger partial charge in [0.25, 0.3) is 0 Å². The molecule has 2 aliphatic rings. The Bertz CT molecular complexity index is 1230. The minimum Gasteiger partial charge on any atom is -0.465 e. The minimum atomic E-state index is -0.369. The number of aryl methyl sites for hydroxylation is 1. The fourth-order valence-electron chi connectivity index (χ4n) is 4.65. The molecule has 0 bridgehead atoms. The number of hydrogen-bond acceptors (Lipinski definition) is 5. The van der Waals surface area contributed by atoms with Gasteiger partial charge in [-0.1, -0.05) is 18.2 Å². The van der Waals surface area contributed by atoms with Crippen LogP contribution in [-0.4, -0.2) is 23.8 Å². The molecule has 0 amide bonds. The zero-order chi connectivity index (χ0) is 20.8. The van der Waals surface area contributed by atoms with Gasteiger partial charge in [0.2, 0.25) is 0 Å². The van der Waals surface area contributed by atoms with E-state index in [9.17, 15) is 9.59 Å². The summed E-state index contributed by atoms with van der Waals surface area (Å²) in [6.45, 7) is 1.98. The van der Waals surface area contributed by atoms with Gasteiger partial charge < -0.3 is 10.1 Å². The highest BCUT2D eigenvalue weighted by molar-refractivity contribution is 6.03. The lowest BCUT2D eigenvalue weighted by molar-refractivity contribution is -0.116. The normalized spacial score (nSPS) is 17.9. The van der Waals surface area contributed by atoms with Crippen molar-refractivity contribution in [3.05, 3.63) is 82.2 Å². The molecular weight excluding hydrogens is 376 g/mol. The molecule has 1 N–H and O–H groups in total. The highest BCUT2D eigenvalue weighted by atomic mass is 16.5. The fourth-order valence-corrected chi connectivity index (χ4v) is 4.65. The Kier molecular flexibility index (Phi) is 4.39. The van der Waals surface area contributed by atoms with Crippen LogP contribution < -0.4 is 5.32 Å².